The normalized spacial score (nSPS) is 12.8. The Hall–Kier alpha value is -1.66. The van der Waals surface area contributed by atoms with E-state index in [4.69, 9.17) is 17.0 Å². The van der Waals surface area contributed by atoms with Gasteiger partial charge in [0.25, 0.3) is 0 Å². The molecule has 2 heterocycles. The average molecular weight is 319 g/mol. The summed E-state index contributed by atoms with van der Waals surface area (Å²) in [7, 11) is 1.67. The number of aryl methyl sites for hydroxylation is 2. The lowest BCUT2D eigenvalue weighted by Crippen LogP contribution is -2.06. The number of fused-ring (bicyclic) bond motifs is 1. The zero-order valence-electron chi connectivity index (χ0n) is 12.4. The van der Waals surface area contributed by atoms with Crippen molar-refractivity contribution in [2.24, 2.45) is 0 Å². The summed E-state index contributed by atoms with van der Waals surface area (Å²) in [5.41, 5.74) is 3.15. The van der Waals surface area contributed by atoms with Crippen LogP contribution in [0.25, 0.3) is 11.0 Å². The SMILES string of the molecule is COc1ccc2[nH]c(=S)n(C(C)c3sc(C)nc3C)c2c1. The molecule has 0 amide bonds. The second kappa shape index (κ2) is 5.27. The third-order valence-corrected chi connectivity index (χ3v) is 5.17. The smallest absolute Gasteiger partial charge is 0.178 e. The molecule has 0 bridgehead atoms. The number of ether oxygens (including phenoxy) is 1. The highest BCUT2D eigenvalue weighted by Crippen LogP contribution is 2.31. The zero-order valence-corrected chi connectivity index (χ0v) is 14.1. The van der Waals surface area contributed by atoms with Crippen LogP contribution in [0.4, 0.5) is 0 Å². The van der Waals surface area contributed by atoms with Gasteiger partial charge in [0.15, 0.2) is 4.77 Å². The molecule has 4 nitrogen and oxygen atoms in total. The molecule has 0 aliphatic heterocycles. The Kier molecular flexibility index (Phi) is 3.59. The fourth-order valence-corrected chi connectivity index (χ4v) is 4.00. The fourth-order valence-electron chi connectivity index (χ4n) is 2.66. The fraction of sp³-hybridized carbons (Fsp3) is 0.333. The van der Waals surface area contributed by atoms with E-state index in [1.54, 1.807) is 18.4 Å². The predicted molar refractivity (Wildman–Crippen MR) is 89.1 cm³/mol. The Morgan fingerprint density at radius 2 is 2.14 bits per heavy atom. The van der Waals surface area contributed by atoms with Gasteiger partial charge in [-0.3, -0.25) is 0 Å². The Bertz CT molecular complexity index is 860. The molecule has 1 unspecified atom stereocenters. The van der Waals surface area contributed by atoms with Crippen molar-refractivity contribution in [1.29, 1.82) is 0 Å². The van der Waals surface area contributed by atoms with E-state index in [1.165, 1.54) is 4.88 Å². The van der Waals surface area contributed by atoms with E-state index in [0.29, 0.717) is 0 Å². The third-order valence-electron chi connectivity index (χ3n) is 3.63. The first-order valence-corrected chi connectivity index (χ1v) is 7.96. The molecule has 1 atom stereocenters. The van der Waals surface area contributed by atoms with Crippen LogP contribution >= 0.6 is 23.6 Å². The first-order chi connectivity index (χ1) is 10.0. The molecule has 0 saturated heterocycles. The summed E-state index contributed by atoms with van der Waals surface area (Å²) < 4.78 is 8.18. The Morgan fingerprint density at radius 3 is 2.76 bits per heavy atom. The van der Waals surface area contributed by atoms with Gasteiger partial charge in [0, 0.05) is 6.07 Å². The molecular weight excluding hydrogens is 302 g/mol. The van der Waals surface area contributed by atoms with Crippen LogP contribution in [0.15, 0.2) is 18.2 Å². The minimum atomic E-state index is 0.143. The van der Waals surface area contributed by atoms with Crippen molar-refractivity contribution < 1.29 is 4.74 Å². The van der Waals surface area contributed by atoms with Crippen molar-refractivity contribution in [2.45, 2.75) is 26.8 Å². The summed E-state index contributed by atoms with van der Waals surface area (Å²) in [6, 6.07) is 6.09. The lowest BCUT2D eigenvalue weighted by atomic mass is 10.2. The molecule has 0 aliphatic carbocycles. The number of methoxy groups -OCH3 is 1. The summed E-state index contributed by atoms with van der Waals surface area (Å²) >= 11 is 7.23. The molecule has 0 fully saturated rings. The summed E-state index contributed by atoms with van der Waals surface area (Å²) in [6.45, 7) is 6.24. The van der Waals surface area contributed by atoms with Gasteiger partial charge in [-0.25, -0.2) is 4.98 Å². The van der Waals surface area contributed by atoms with Crippen molar-refractivity contribution in [3.05, 3.63) is 38.5 Å². The molecule has 6 heteroatoms. The van der Waals surface area contributed by atoms with E-state index in [1.807, 2.05) is 32.0 Å². The monoisotopic (exact) mass is 319 g/mol. The molecule has 1 aromatic carbocycles. The topological polar surface area (TPSA) is 42.8 Å². The Balaban J connectivity index is 2.21. The van der Waals surface area contributed by atoms with Crippen molar-refractivity contribution >= 4 is 34.6 Å². The first-order valence-electron chi connectivity index (χ1n) is 6.73. The second-order valence-electron chi connectivity index (χ2n) is 5.04. The van der Waals surface area contributed by atoms with E-state index in [9.17, 15) is 0 Å². The number of aromatic nitrogens is 3. The summed E-state index contributed by atoms with van der Waals surface area (Å²) in [5.74, 6) is 0.828. The minimum absolute atomic E-state index is 0.143. The predicted octanol–water partition coefficient (Wildman–Crippen LogP) is 4.39. The molecule has 3 aromatic rings. The molecule has 1 N–H and O–H groups in total. The minimum Gasteiger partial charge on any atom is -0.497 e. The summed E-state index contributed by atoms with van der Waals surface area (Å²) in [5, 5.41) is 1.08. The van der Waals surface area contributed by atoms with Crippen LogP contribution in [0.5, 0.6) is 5.75 Å². The number of thiazole rings is 1. The molecule has 2 aromatic heterocycles. The first kappa shape index (κ1) is 14.3. The summed E-state index contributed by atoms with van der Waals surface area (Å²) in [6.07, 6.45) is 0. The number of hydrogen-bond donors (Lipinski definition) is 1. The van der Waals surface area contributed by atoms with E-state index in [2.05, 4.69) is 21.5 Å². The number of hydrogen-bond acceptors (Lipinski definition) is 4. The molecule has 0 spiro atoms. The van der Waals surface area contributed by atoms with Crippen molar-refractivity contribution in [1.82, 2.24) is 14.5 Å². The lowest BCUT2D eigenvalue weighted by Gasteiger charge is -2.14. The number of nitrogens with zero attached hydrogens (tertiary/aromatic N) is 2. The number of aromatic amines is 1. The molecule has 0 radical (unpaired) electrons. The van der Waals surface area contributed by atoms with Gasteiger partial charge in [-0.15, -0.1) is 11.3 Å². The van der Waals surface area contributed by atoms with Gasteiger partial charge in [-0.05, 0) is 45.1 Å². The molecular formula is C15H17N3OS2. The van der Waals surface area contributed by atoms with Gasteiger partial charge in [0.1, 0.15) is 5.75 Å². The molecule has 0 saturated carbocycles. The van der Waals surface area contributed by atoms with E-state index in [0.717, 1.165) is 32.3 Å². The molecule has 21 heavy (non-hydrogen) atoms. The van der Waals surface area contributed by atoms with Gasteiger partial charge < -0.3 is 14.3 Å². The van der Waals surface area contributed by atoms with Crippen LogP contribution in [-0.4, -0.2) is 21.6 Å². The van der Waals surface area contributed by atoms with Crippen molar-refractivity contribution in [2.75, 3.05) is 7.11 Å². The number of imidazole rings is 1. The molecule has 110 valence electrons. The highest BCUT2D eigenvalue weighted by molar-refractivity contribution is 7.71. The van der Waals surface area contributed by atoms with Gasteiger partial charge in [-0.1, -0.05) is 0 Å². The van der Waals surface area contributed by atoms with Crippen LogP contribution in [0, 0.1) is 18.6 Å². The van der Waals surface area contributed by atoms with E-state index >= 15 is 0 Å². The lowest BCUT2D eigenvalue weighted by molar-refractivity contribution is 0.415. The van der Waals surface area contributed by atoms with Crippen LogP contribution in [0.3, 0.4) is 0 Å². The quantitative estimate of drug-likeness (QED) is 0.728. The van der Waals surface area contributed by atoms with Crippen LogP contribution in [0.2, 0.25) is 0 Å². The third kappa shape index (κ3) is 2.38. The maximum absolute atomic E-state index is 5.51. The average Bonchev–Trinajstić information content (AvgIpc) is 2.95. The standard InChI is InChI=1S/C15H17N3OS2/c1-8-14(21-10(3)16-8)9(2)18-13-7-11(19-4)5-6-12(13)17-15(18)20/h5-7,9H,1-4H3,(H,17,20). The molecule has 3 rings (SSSR count). The second-order valence-corrected chi connectivity index (χ2v) is 6.66. The Morgan fingerprint density at radius 1 is 1.38 bits per heavy atom. The molecule has 0 aliphatic rings. The van der Waals surface area contributed by atoms with E-state index in [-0.39, 0.29) is 6.04 Å². The highest BCUT2D eigenvalue weighted by Gasteiger charge is 2.18. The van der Waals surface area contributed by atoms with Gasteiger partial charge in [0.2, 0.25) is 0 Å². The maximum atomic E-state index is 5.51. The van der Waals surface area contributed by atoms with Crippen LogP contribution < -0.4 is 4.74 Å². The van der Waals surface area contributed by atoms with E-state index < -0.39 is 0 Å². The number of rotatable bonds is 3. The number of H-pyrrole nitrogens is 1. The number of benzene rings is 1. The maximum Gasteiger partial charge on any atom is 0.178 e. The van der Waals surface area contributed by atoms with Crippen molar-refractivity contribution in [3.63, 3.8) is 0 Å². The van der Waals surface area contributed by atoms with Gasteiger partial charge in [-0.2, -0.15) is 0 Å². The largest absolute Gasteiger partial charge is 0.497 e. The van der Waals surface area contributed by atoms with Crippen molar-refractivity contribution in [3.8, 4) is 5.75 Å². The zero-order chi connectivity index (χ0) is 15.1. The highest BCUT2D eigenvalue weighted by atomic mass is 32.1. The van der Waals surface area contributed by atoms with Gasteiger partial charge >= 0.3 is 0 Å². The number of nitrogens with one attached hydrogen (secondary N) is 1. The van der Waals surface area contributed by atoms with Gasteiger partial charge in [0.05, 0.1) is 39.8 Å². The van der Waals surface area contributed by atoms with Crippen LogP contribution in [-0.2, 0) is 0 Å². The Labute approximate surface area is 132 Å². The van der Waals surface area contributed by atoms with Crippen LogP contribution in [0.1, 0.15) is 28.5 Å². The summed E-state index contributed by atoms with van der Waals surface area (Å²) in [4.78, 5) is 9.03.